The molecule has 0 bridgehead atoms. The minimum absolute atomic E-state index is 0.0992. The molecule has 0 saturated carbocycles. The van der Waals surface area contributed by atoms with E-state index in [1.54, 1.807) is 12.1 Å². The molecule has 0 saturated heterocycles. The lowest BCUT2D eigenvalue weighted by atomic mass is 10.0. The van der Waals surface area contributed by atoms with E-state index in [2.05, 4.69) is 6.92 Å². The number of hydrogen-bond donors (Lipinski definition) is 0. The summed E-state index contributed by atoms with van der Waals surface area (Å²) in [7, 11) is 0. The third-order valence-electron chi connectivity index (χ3n) is 2.48. The standard InChI is InChI=1S/C10H11F/c1-7-2-3-8-6-9(11)4-5-10(7)8/h4-7H,2-3H2,1H3. The molecule has 1 aromatic carbocycles. The van der Waals surface area contributed by atoms with E-state index < -0.39 is 0 Å². The van der Waals surface area contributed by atoms with Crippen LogP contribution in [-0.4, -0.2) is 0 Å². The van der Waals surface area contributed by atoms with Gasteiger partial charge in [0.1, 0.15) is 5.82 Å². The van der Waals surface area contributed by atoms with Gasteiger partial charge < -0.3 is 0 Å². The molecule has 0 fully saturated rings. The zero-order chi connectivity index (χ0) is 7.84. The van der Waals surface area contributed by atoms with Crippen LogP contribution in [0, 0.1) is 5.82 Å². The van der Waals surface area contributed by atoms with Crippen LogP contribution in [-0.2, 0) is 6.42 Å². The van der Waals surface area contributed by atoms with E-state index in [9.17, 15) is 4.39 Å². The second-order valence-electron chi connectivity index (χ2n) is 3.28. The fraction of sp³-hybridized carbons (Fsp3) is 0.400. The summed E-state index contributed by atoms with van der Waals surface area (Å²) in [5.74, 6) is 0.531. The predicted octanol–water partition coefficient (Wildman–Crippen LogP) is 2.88. The van der Waals surface area contributed by atoms with Gasteiger partial charge in [-0.3, -0.25) is 0 Å². The Morgan fingerprint density at radius 3 is 3.09 bits per heavy atom. The first kappa shape index (κ1) is 6.84. The Morgan fingerprint density at radius 2 is 2.27 bits per heavy atom. The van der Waals surface area contributed by atoms with Crippen molar-refractivity contribution in [3.8, 4) is 0 Å². The van der Waals surface area contributed by atoms with Gasteiger partial charge in [0.15, 0.2) is 0 Å². The van der Waals surface area contributed by atoms with Crippen molar-refractivity contribution in [2.45, 2.75) is 25.7 Å². The molecule has 1 atom stereocenters. The Balaban J connectivity index is 2.50. The number of fused-ring (bicyclic) bond motifs is 1. The zero-order valence-corrected chi connectivity index (χ0v) is 6.60. The molecule has 0 nitrogen and oxygen atoms in total. The van der Waals surface area contributed by atoms with Crippen LogP contribution in [0.3, 0.4) is 0 Å². The van der Waals surface area contributed by atoms with Gasteiger partial charge in [0, 0.05) is 0 Å². The minimum Gasteiger partial charge on any atom is -0.207 e. The Morgan fingerprint density at radius 1 is 1.45 bits per heavy atom. The van der Waals surface area contributed by atoms with Crippen LogP contribution in [0.2, 0.25) is 0 Å². The van der Waals surface area contributed by atoms with Gasteiger partial charge in [-0.25, -0.2) is 4.39 Å². The molecule has 1 aliphatic rings. The second kappa shape index (κ2) is 2.33. The number of hydrogen-bond acceptors (Lipinski definition) is 0. The summed E-state index contributed by atoms with van der Waals surface area (Å²) in [6, 6.07) is 5.14. The van der Waals surface area contributed by atoms with E-state index in [1.165, 1.54) is 17.5 Å². The maximum atomic E-state index is 12.7. The molecule has 1 aromatic rings. The van der Waals surface area contributed by atoms with E-state index in [-0.39, 0.29) is 5.82 Å². The summed E-state index contributed by atoms with van der Waals surface area (Å²) < 4.78 is 12.7. The van der Waals surface area contributed by atoms with Crippen molar-refractivity contribution in [1.29, 1.82) is 0 Å². The normalized spacial score (nSPS) is 21.8. The monoisotopic (exact) mass is 150 g/mol. The summed E-state index contributed by atoms with van der Waals surface area (Å²) >= 11 is 0. The van der Waals surface area contributed by atoms with E-state index in [0.717, 1.165) is 6.42 Å². The quantitative estimate of drug-likeness (QED) is 0.533. The highest BCUT2D eigenvalue weighted by atomic mass is 19.1. The van der Waals surface area contributed by atoms with Gasteiger partial charge in [-0.05, 0) is 42.0 Å². The molecule has 0 amide bonds. The molecule has 0 aromatic heterocycles. The maximum absolute atomic E-state index is 12.7. The molecule has 0 N–H and O–H groups in total. The van der Waals surface area contributed by atoms with Crippen LogP contribution >= 0.6 is 0 Å². The van der Waals surface area contributed by atoms with Crippen LogP contribution < -0.4 is 0 Å². The average Bonchev–Trinajstić information content (AvgIpc) is 2.32. The van der Waals surface area contributed by atoms with E-state index in [0.29, 0.717) is 5.92 Å². The lowest BCUT2D eigenvalue weighted by molar-refractivity contribution is 0.626. The lowest BCUT2D eigenvalue weighted by Gasteiger charge is -2.02. The first-order chi connectivity index (χ1) is 5.27. The van der Waals surface area contributed by atoms with E-state index >= 15 is 0 Å². The number of aryl methyl sites for hydroxylation is 1. The van der Waals surface area contributed by atoms with Crippen molar-refractivity contribution >= 4 is 0 Å². The predicted molar refractivity (Wildman–Crippen MR) is 43.1 cm³/mol. The first-order valence-electron chi connectivity index (χ1n) is 4.05. The second-order valence-corrected chi connectivity index (χ2v) is 3.28. The topological polar surface area (TPSA) is 0 Å². The molecule has 1 aliphatic carbocycles. The Hall–Kier alpha value is -0.850. The van der Waals surface area contributed by atoms with Crippen molar-refractivity contribution in [2.75, 3.05) is 0 Å². The Kier molecular flexibility index (Phi) is 1.45. The smallest absolute Gasteiger partial charge is 0.123 e. The molecule has 0 heterocycles. The first-order valence-corrected chi connectivity index (χ1v) is 4.05. The van der Waals surface area contributed by atoms with Gasteiger partial charge in [-0.15, -0.1) is 0 Å². The maximum Gasteiger partial charge on any atom is 0.123 e. The van der Waals surface area contributed by atoms with Crippen LogP contribution in [0.4, 0.5) is 4.39 Å². The molecule has 0 aliphatic heterocycles. The summed E-state index contributed by atoms with van der Waals surface area (Å²) in [4.78, 5) is 0. The number of rotatable bonds is 0. The summed E-state index contributed by atoms with van der Waals surface area (Å²) in [6.45, 7) is 2.20. The summed E-state index contributed by atoms with van der Waals surface area (Å²) in [5, 5.41) is 0. The summed E-state index contributed by atoms with van der Waals surface area (Å²) in [5.41, 5.74) is 2.55. The van der Waals surface area contributed by atoms with Gasteiger partial charge in [0.25, 0.3) is 0 Å². The van der Waals surface area contributed by atoms with E-state index in [4.69, 9.17) is 0 Å². The van der Waals surface area contributed by atoms with Crippen LogP contribution in [0.15, 0.2) is 18.2 Å². The highest BCUT2D eigenvalue weighted by Crippen LogP contribution is 2.32. The fourth-order valence-corrected chi connectivity index (χ4v) is 1.80. The van der Waals surface area contributed by atoms with Gasteiger partial charge >= 0.3 is 0 Å². The SMILES string of the molecule is CC1CCc2cc(F)ccc21. The van der Waals surface area contributed by atoms with Gasteiger partial charge in [-0.2, -0.15) is 0 Å². The van der Waals surface area contributed by atoms with Crippen molar-refractivity contribution in [3.63, 3.8) is 0 Å². The lowest BCUT2D eigenvalue weighted by Crippen LogP contribution is -1.86. The fourth-order valence-electron chi connectivity index (χ4n) is 1.80. The molecule has 58 valence electrons. The average molecular weight is 150 g/mol. The van der Waals surface area contributed by atoms with E-state index in [1.807, 2.05) is 6.07 Å². The minimum atomic E-state index is -0.0992. The van der Waals surface area contributed by atoms with Gasteiger partial charge in [-0.1, -0.05) is 13.0 Å². The number of benzene rings is 1. The zero-order valence-electron chi connectivity index (χ0n) is 6.60. The van der Waals surface area contributed by atoms with Gasteiger partial charge in [0.05, 0.1) is 0 Å². The van der Waals surface area contributed by atoms with Crippen molar-refractivity contribution in [1.82, 2.24) is 0 Å². The third kappa shape index (κ3) is 1.05. The highest BCUT2D eigenvalue weighted by Gasteiger charge is 2.17. The Bertz CT molecular complexity index is 278. The molecular weight excluding hydrogens is 139 g/mol. The molecule has 11 heavy (non-hydrogen) atoms. The third-order valence-corrected chi connectivity index (χ3v) is 2.48. The molecule has 2 rings (SSSR count). The van der Waals surface area contributed by atoms with Crippen molar-refractivity contribution in [3.05, 3.63) is 35.1 Å². The van der Waals surface area contributed by atoms with Crippen molar-refractivity contribution < 1.29 is 4.39 Å². The van der Waals surface area contributed by atoms with Crippen molar-refractivity contribution in [2.24, 2.45) is 0 Å². The Labute approximate surface area is 66.1 Å². The summed E-state index contributed by atoms with van der Waals surface area (Å²) in [6.07, 6.45) is 2.23. The molecule has 1 unspecified atom stereocenters. The largest absolute Gasteiger partial charge is 0.207 e. The highest BCUT2D eigenvalue weighted by molar-refractivity contribution is 5.34. The number of halogens is 1. The van der Waals surface area contributed by atoms with Crippen LogP contribution in [0.5, 0.6) is 0 Å². The molecule has 0 radical (unpaired) electrons. The van der Waals surface area contributed by atoms with Crippen LogP contribution in [0.1, 0.15) is 30.4 Å². The van der Waals surface area contributed by atoms with Gasteiger partial charge in [0.2, 0.25) is 0 Å². The molecule has 1 heteroatoms. The molecule has 0 spiro atoms. The van der Waals surface area contributed by atoms with Crippen LogP contribution in [0.25, 0.3) is 0 Å². The molecular formula is C10H11F.